The van der Waals surface area contributed by atoms with Gasteiger partial charge in [0.2, 0.25) is 11.9 Å². The van der Waals surface area contributed by atoms with Crippen LogP contribution >= 0.6 is 11.3 Å². The minimum absolute atomic E-state index is 0.157. The third-order valence-corrected chi connectivity index (χ3v) is 3.77. The molecule has 8 heteroatoms. The van der Waals surface area contributed by atoms with Crippen LogP contribution in [-0.4, -0.2) is 21.1 Å². The van der Waals surface area contributed by atoms with E-state index in [0.717, 1.165) is 4.88 Å². The SMILES string of the molecule is CC(=O)Nc1cccc(Nc2nnc(-c3cccs3)c(=O)[nH]2)c1. The maximum absolute atomic E-state index is 12.1. The highest BCUT2D eigenvalue weighted by atomic mass is 32.1. The Balaban J connectivity index is 1.82. The van der Waals surface area contributed by atoms with E-state index in [-0.39, 0.29) is 23.1 Å². The van der Waals surface area contributed by atoms with Crippen LogP contribution in [0.2, 0.25) is 0 Å². The largest absolute Gasteiger partial charge is 0.326 e. The van der Waals surface area contributed by atoms with Gasteiger partial charge in [-0.1, -0.05) is 12.1 Å². The molecule has 0 bridgehead atoms. The van der Waals surface area contributed by atoms with E-state index in [1.807, 2.05) is 17.5 Å². The molecule has 116 valence electrons. The number of aromatic nitrogens is 3. The van der Waals surface area contributed by atoms with Crippen molar-refractivity contribution in [1.82, 2.24) is 15.2 Å². The van der Waals surface area contributed by atoms with E-state index in [4.69, 9.17) is 0 Å². The van der Waals surface area contributed by atoms with Crippen LogP contribution in [0.5, 0.6) is 0 Å². The average Bonchev–Trinajstić information content (AvgIpc) is 3.01. The Labute approximate surface area is 135 Å². The lowest BCUT2D eigenvalue weighted by atomic mass is 10.3. The van der Waals surface area contributed by atoms with Crippen LogP contribution in [-0.2, 0) is 4.79 Å². The Morgan fingerprint density at radius 3 is 2.70 bits per heavy atom. The summed E-state index contributed by atoms with van der Waals surface area (Å²) < 4.78 is 0. The minimum atomic E-state index is -0.317. The first kappa shape index (κ1) is 14.9. The van der Waals surface area contributed by atoms with E-state index in [1.165, 1.54) is 18.3 Å². The first-order valence-corrected chi connectivity index (χ1v) is 7.65. The van der Waals surface area contributed by atoms with Crippen molar-refractivity contribution < 1.29 is 4.79 Å². The van der Waals surface area contributed by atoms with E-state index >= 15 is 0 Å². The lowest BCUT2D eigenvalue weighted by Gasteiger charge is -2.07. The fourth-order valence-electron chi connectivity index (χ4n) is 1.98. The van der Waals surface area contributed by atoms with Crippen molar-refractivity contribution in [2.75, 3.05) is 10.6 Å². The normalized spacial score (nSPS) is 10.3. The van der Waals surface area contributed by atoms with Crippen molar-refractivity contribution in [2.24, 2.45) is 0 Å². The van der Waals surface area contributed by atoms with Gasteiger partial charge in [-0.2, -0.15) is 0 Å². The number of hydrogen-bond acceptors (Lipinski definition) is 6. The van der Waals surface area contributed by atoms with Gasteiger partial charge >= 0.3 is 0 Å². The Hall–Kier alpha value is -3.00. The Morgan fingerprint density at radius 1 is 1.17 bits per heavy atom. The molecule has 3 rings (SSSR count). The molecule has 0 fully saturated rings. The van der Waals surface area contributed by atoms with Gasteiger partial charge in [0.1, 0.15) is 0 Å². The highest BCUT2D eigenvalue weighted by Gasteiger charge is 2.08. The topological polar surface area (TPSA) is 99.8 Å². The van der Waals surface area contributed by atoms with Crippen LogP contribution < -0.4 is 16.2 Å². The smallest absolute Gasteiger partial charge is 0.280 e. The number of carbonyl (C=O) groups excluding carboxylic acids is 1. The minimum Gasteiger partial charge on any atom is -0.326 e. The number of benzene rings is 1. The van der Waals surface area contributed by atoms with Crippen molar-refractivity contribution >= 4 is 34.6 Å². The van der Waals surface area contributed by atoms with Gasteiger partial charge in [0, 0.05) is 18.3 Å². The predicted molar refractivity (Wildman–Crippen MR) is 90.0 cm³/mol. The van der Waals surface area contributed by atoms with E-state index in [9.17, 15) is 9.59 Å². The standard InChI is InChI=1S/C15H13N5O2S/c1-9(21)16-10-4-2-5-11(8-10)17-15-18-14(22)13(19-20-15)12-6-3-7-23-12/h2-8H,1H3,(H,16,21)(H2,17,18,20,22). The summed E-state index contributed by atoms with van der Waals surface area (Å²) in [7, 11) is 0. The predicted octanol–water partition coefficient (Wildman–Crippen LogP) is 2.60. The molecule has 0 spiro atoms. The molecule has 3 N–H and O–H groups in total. The maximum atomic E-state index is 12.1. The Morgan fingerprint density at radius 2 is 2.00 bits per heavy atom. The van der Waals surface area contributed by atoms with Gasteiger partial charge in [-0.15, -0.1) is 21.5 Å². The fourth-order valence-corrected chi connectivity index (χ4v) is 2.69. The number of thiophene rings is 1. The second-order valence-electron chi connectivity index (χ2n) is 4.72. The summed E-state index contributed by atoms with van der Waals surface area (Å²) in [6.45, 7) is 1.44. The summed E-state index contributed by atoms with van der Waals surface area (Å²) >= 11 is 1.42. The van der Waals surface area contributed by atoms with Crippen LogP contribution in [0.3, 0.4) is 0 Å². The monoisotopic (exact) mass is 327 g/mol. The molecule has 2 heterocycles. The van der Waals surface area contributed by atoms with Crippen LogP contribution in [0.25, 0.3) is 10.6 Å². The molecule has 2 aromatic heterocycles. The molecule has 0 aliphatic carbocycles. The third kappa shape index (κ3) is 3.61. The third-order valence-electron chi connectivity index (χ3n) is 2.90. The van der Waals surface area contributed by atoms with Gasteiger partial charge in [-0.05, 0) is 29.6 Å². The average molecular weight is 327 g/mol. The molecule has 3 aromatic rings. The van der Waals surface area contributed by atoms with Crippen molar-refractivity contribution in [1.29, 1.82) is 0 Å². The molecule has 7 nitrogen and oxygen atoms in total. The first-order chi connectivity index (χ1) is 11.1. The summed E-state index contributed by atoms with van der Waals surface area (Å²) in [6.07, 6.45) is 0. The zero-order chi connectivity index (χ0) is 16.2. The van der Waals surface area contributed by atoms with E-state index in [0.29, 0.717) is 11.4 Å². The number of amides is 1. The molecule has 0 radical (unpaired) electrons. The van der Waals surface area contributed by atoms with Gasteiger partial charge in [-0.3, -0.25) is 14.6 Å². The number of aromatic amines is 1. The second-order valence-corrected chi connectivity index (χ2v) is 5.66. The zero-order valence-electron chi connectivity index (χ0n) is 12.2. The summed E-state index contributed by atoms with van der Waals surface area (Å²) in [5.41, 5.74) is 1.29. The maximum Gasteiger partial charge on any atom is 0.280 e. The van der Waals surface area contributed by atoms with Gasteiger partial charge in [0.05, 0.1) is 4.88 Å². The lowest BCUT2D eigenvalue weighted by molar-refractivity contribution is -0.114. The molecule has 0 saturated carbocycles. The summed E-state index contributed by atoms with van der Waals surface area (Å²) in [5.74, 6) is 0.0749. The van der Waals surface area contributed by atoms with Crippen LogP contribution in [0.15, 0.2) is 46.6 Å². The number of carbonyl (C=O) groups is 1. The van der Waals surface area contributed by atoms with E-state index in [2.05, 4.69) is 25.8 Å². The van der Waals surface area contributed by atoms with Gasteiger partial charge < -0.3 is 10.6 Å². The molecule has 1 amide bonds. The lowest BCUT2D eigenvalue weighted by Crippen LogP contribution is -2.15. The van der Waals surface area contributed by atoms with Crippen LogP contribution in [0.1, 0.15) is 6.92 Å². The number of anilines is 3. The molecule has 0 unspecified atom stereocenters. The molecule has 0 aliphatic rings. The highest BCUT2D eigenvalue weighted by Crippen LogP contribution is 2.20. The summed E-state index contributed by atoms with van der Waals surface area (Å²) in [6, 6.07) is 10.7. The number of H-pyrrole nitrogens is 1. The number of rotatable bonds is 4. The summed E-state index contributed by atoms with van der Waals surface area (Å²) in [5, 5.41) is 15.5. The zero-order valence-corrected chi connectivity index (χ0v) is 13.0. The number of nitrogens with one attached hydrogen (secondary N) is 3. The molecule has 0 atom stereocenters. The molecule has 1 aromatic carbocycles. The molecule has 0 aliphatic heterocycles. The first-order valence-electron chi connectivity index (χ1n) is 6.77. The highest BCUT2D eigenvalue weighted by molar-refractivity contribution is 7.13. The van der Waals surface area contributed by atoms with E-state index in [1.54, 1.807) is 24.3 Å². The molecule has 0 saturated heterocycles. The fraction of sp³-hybridized carbons (Fsp3) is 0.0667. The van der Waals surface area contributed by atoms with Gasteiger partial charge in [0.25, 0.3) is 5.56 Å². The van der Waals surface area contributed by atoms with Gasteiger partial charge in [0.15, 0.2) is 5.69 Å². The van der Waals surface area contributed by atoms with E-state index < -0.39 is 0 Å². The molecular formula is C15H13N5O2S. The second kappa shape index (κ2) is 6.41. The summed E-state index contributed by atoms with van der Waals surface area (Å²) in [4.78, 5) is 26.6. The van der Waals surface area contributed by atoms with Crippen molar-refractivity contribution in [3.63, 3.8) is 0 Å². The van der Waals surface area contributed by atoms with Crippen molar-refractivity contribution in [3.05, 3.63) is 52.1 Å². The molecule has 23 heavy (non-hydrogen) atoms. The van der Waals surface area contributed by atoms with Crippen LogP contribution in [0.4, 0.5) is 17.3 Å². The number of hydrogen-bond donors (Lipinski definition) is 3. The molecular weight excluding hydrogens is 314 g/mol. The number of nitrogens with zero attached hydrogens (tertiary/aromatic N) is 2. The van der Waals surface area contributed by atoms with Gasteiger partial charge in [-0.25, -0.2) is 0 Å². The van der Waals surface area contributed by atoms with Crippen molar-refractivity contribution in [3.8, 4) is 10.6 Å². The van der Waals surface area contributed by atoms with Crippen molar-refractivity contribution in [2.45, 2.75) is 6.92 Å². The quantitative estimate of drug-likeness (QED) is 0.684. The van der Waals surface area contributed by atoms with Crippen LogP contribution in [0, 0.1) is 0 Å². The Kier molecular flexibility index (Phi) is 4.15. The Bertz CT molecular complexity index is 889.